The molecule has 0 aliphatic heterocycles. The fourth-order valence-corrected chi connectivity index (χ4v) is 1.13. The van der Waals surface area contributed by atoms with Crippen LogP contribution in [-0.2, 0) is 0 Å². The van der Waals surface area contributed by atoms with E-state index in [0.29, 0.717) is 0 Å². The van der Waals surface area contributed by atoms with Crippen LogP contribution in [0.4, 0.5) is 0 Å². The molecule has 0 fully saturated rings. The second-order valence-corrected chi connectivity index (χ2v) is 3.19. The van der Waals surface area contributed by atoms with E-state index in [-0.39, 0.29) is 5.56 Å². The molecular formula is C10H13NO3. The molecule has 4 nitrogen and oxygen atoms in total. The Kier molecular flexibility index (Phi) is 3.22. The summed E-state index contributed by atoms with van der Waals surface area (Å²) in [6, 6.07) is 5.69. The smallest absolute Gasteiger partial charge is 0.335 e. The topological polar surface area (TPSA) is 83.5 Å². The van der Waals surface area contributed by atoms with Crippen LogP contribution in [0.5, 0.6) is 0 Å². The molecule has 14 heavy (non-hydrogen) atoms. The maximum absolute atomic E-state index is 10.5. The summed E-state index contributed by atoms with van der Waals surface area (Å²) in [6.45, 7) is 1.59. The number of hydrogen-bond acceptors (Lipinski definition) is 3. The molecular weight excluding hydrogens is 182 g/mol. The predicted octanol–water partition coefficient (Wildman–Crippen LogP) is 0.765. The van der Waals surface area contributed by atoms with E-state index in [1.807, 2.05) is 0 Å². The first-order chi connectivity index (χ1) is 6.52. The second kappa shape index (κ2) is 4.21. The summed E-state index contributed by atoms with van der Waals surface area (Å²) in [5.74, 6) is -0.970. The van der Waals surface area contributed by atoms with Gasteiger partial charge in [0.05, 0.1) is 17.7 Å². The Morgan fingerprint density at radius 1 is 1.36 bits per heavy atom. The third kappa shape index (κ3) is 2.31. The van der Waals surface area contributed by atoms with Gasteiger partial charge in [-0.3, -0.25) is 0 Å². The number of hydrogen-bond donors (Lipinski definition) is 3. The third-order valence-electron chi connectivity index (χ3n) is 2.06. The standard InChI is InChI=1S/C10H13NO3/c1-6(12)9(11)7-2-4-8(5-3-7)10(13)14/h2-6,9,12H,11H2,1H3,(H,13,14)/t6?,9-/m1/s1. The lowest BCUT2D eigenvalue weighted by molar-refractivity contribution is 0.0697. The molecule has 4 N–H and O–H groups in total. The molecule has 0 amide bonds. The highest BCUT2D eigenvalue weighted by molar-refractivity contribution is 5.87. The molecule has 0 heterocycles. The van der Waals surface area contributed by atoms with Gasteiger partial charge in [-0.15, -0.1) is 0 Å². The van der Waals surface area contributed by atoms with Gasteiger partial charge in [-0.05, 0) is 24.6 Å². The van der Waals surface area contributed by atoms with Crippen molar-refractivity contribution in [1.82, 2.24) is 0 Å². The molecule has 0 aromatic heterocycles. The highest BCUT2D eigenvalue weighted by atomic mass is 16.4. The van der Waals surface area contributed by atoms with E-state index in [2.05, 4.69) is 0 Å². The Balaban J connectivity index is 2.88. The molecule has 0 radical (unpaired) electrons. The summed E-state index contributed by atoms with van der Waals surface area (Å²) in [5, 5.41) is 17.9. The third-order valence-corrected chi connectivity index (χ3v) is 2.06. The van der Waals surface area contributed by atoms with E-state index < -0.39 is 18.1 Å². The van der Waals surface area contributed by atoms with Gasteiger partial charge in [0.2, 0.25) is 0 Å². The monoisotopic (exact) mass is 195 g/mol. The van der Waals surface area contributed by atoms with Crippen LogP contribution in [0, 0.1) is 0 Å². The molecule has 1 unspecified atom stereocenters. The number of benzene rings is 1. The van der Waals surface area contributed by atoms with Crippen molar-refractivity contribution in [2.45, 2.75) is 19.1 Å². The van der Waals surface area contributed by atoms with Crippen LogP contribution in [0.15, 0.2) is 24.3 Å². The van der Waals surface area contributed by atoms with Crippen molar-refractivity contribution in [3.63, 3.8) is 0 Å². The number of aliphatic hydroxyl groups is 1. The van der Waals surface area contributed by atoms with Crippen molar-refractivity contribution < 1.29 is 15.0 Å². The molecule has 0 saturated carbocycles. The number of aliphatic hydroxyl groups excluding tert-OH is 1. The summed E-state index contributed by atoms with van der Waals surface area (Å²) in [6.07, 6.45) is -0.648. The molecule has 0 bridgehead atoms. The van der Waals surface area contributed by atoms with Crippen molar-refractivity contribution in [3.05, 3.63) is 35.4 Å². The quantitative estimate of drug-likeness (QED) is 0.665. The van der Waals surface area contributed by atoms with Gasteiger partial charge >= 0.3 is 5.97 Å². The maximum atomic E-state index is 10.5. The lowest BCUT2D eigenvalue weighted by atomic mass is 10.0. The average molecular weight is 195 g/mol. The summed E-state index contributed by atoms with van der Waals surface area (Å²) in [5.41, 5.74) is 6.61. The number of nitrogens with two attached hydrogens (primary N) is 1. The van der Waals surface area contributed by atoms with Crippen molar-refractivity contribution in [2.75, 3.05) is 0 Å². The Morgan fingerprint density at radius 2 is 1.86 bits per heavy atom. The molecule has 4 heteroatoms. The van der Waals surface area contributed by atoms with Crippen molar-refractivity contribution in [1.29, 1.82) is 0 Å². The maximum Gasteiger partial charge on any atom is 0.335 e. The summed E-state index contributed by atoms with van der Waals surface area (Å²) in [4.78, 5) is 10.5. The van der Waals surface area contributed by atoms with Gasteiger partial charge in [-0.2, -0.15) is 0 Å². The molecule has 2 atom stereocenters. The van der Waals surface area contributed by atoms with Gasteiger partial charge in [0.25, 0.3) is 0 Å². The molecule has 0 spiro atoms. The largest absolute Gasteiger partial charge is 0.478 e. The average Bonchev–Trinajstić information content (AvgIpc) is 2.16. The van der Waals surface area contributed by atoms with Crippen molar-refractivity contribution >= 4 is 5.97 Å². The highest BCUT2D eigenvalue weighted by Crippen LogP contribution is 2.14. The normalized spacial score (nSPS) is 14.8. The Labute approximate surface area is 82.0 Å². The van der Waals surface area contributed by atoms with Gasteiger partial charge in [0.15, 0.2) is 0 Å². The van der Waals surface area contributed by atoms with E-state index in [9.17, 15) is 9.90 Å². The van der Waals surface area contributed by atoms with Crippen LogP contribution in [0.3, 0.4) is 0 Å². The fourth-order valence-electron chi connectivity index (χ4n) is 1.13. The fraction of sp³-hybridized carbons (Fsp3) is 0.300. The van der Waals surface area contributed by atoms with Gasteiger partial charge in [0.1, 0.15) is 0 Å². The number of carboxylic acids is 1. The Hall–Kier alpha value is -1.39. The first-order valence-corrected chi connectivity index (χ1v) is 4.29. The van der Waals surface area contributed by atoms with Gasteiger partial charge in [-0.1, -0.05) is 12.1 Å². The minimum Gasteiger partial charge on any atom is -0.478 e. The van der Waals surface area contributed by atoms with Gasteiger partial charge in [0, 0.05) is 0 Å². The SMILES string of the molecule is CC(O)[C@@H](N)c1ccc(C(=O)O)cc1. The first-order valence-electron chi connectivity index (χ1n) is 4.29. The first kappa shape index (κ1) is 10.7. The Bertz CT molecular complexity index is 319. The number of rotatable bonds is 3. The molecule has 1 aromatic rings. The highest BCUT2D eigenvalue weighted by Gasteiger charge is 2.12. The van der Waals surface area contributed by atoms with Crippen LogP contribution in [0.25, 0.3) is 0 Å². The zero-order valence-electron chi connectivity index (χ0n) is 7.84. The summed E-state index contributed by atoms with van der Waals surface area (Å²) >= 11 is 0. The molecule has 1 aromatic carbocycles. The Morgan fingerprint density at radius 3 is 2.21 bits per heavy atom. The molecule has 0 saturated heterocycles. The number of carbonyl (C=O) groups is 1. The van der Waals surface area contributed by atoms with E-state index in [1.165, 1.54) is 12.1 Å². The number of aromatic carboxylic acids is 1. The van der Waals surface area contributed by atoms with E-state index >= 15 is 0 Å². The molecule has 1 rings (SSSR count). The summed E-state index contributed by atoms with van der Waals surface area (Å²) in [7, 11) is 0. The van der Waals surface area contributed by atoms with Gasteiger partial charge < -0.3 is 15.9 Å². The summed E-state index contributed by atoms with van der Waals surface area (Å²) < 4.78 is 0. The van der Waals surface area contributed by atoms with Crippen LogP contribution >= 0.6 is 0 Å². The molecule has 0 aliphatic rings. The minimum absolute atomic E-state index is 0.214. The minimum atomic E-state index is -0.970. The van der Waals surface area contributed by atoms with E-state index in [4.69, 9.17) is 10.8 Å². The van der Waals surface area contributed by atoms with Crippen molar-refractivity contribution in [3.8, 4) is 0 Å². The van der Waals surface area contributed by atoms with Crippen molar-refractivity contribution in [2.24, 2.45) is 5.73 Å². The molecule has 0 aliphatic carbocycles. The van der Waals surface area contributed by atoms with Crippen LogP contribution in [0.2, 0.25) is 0 Å². The van der Waals surface area contributed by atoms with Gasteiger partial charge in [-0.25, -0.2) is 4.79 Å². The van der Waals surface area contributed by atoms with E-state index in [0.717, 1.165) is 5.56 Å². The lowest BCUT2D eigenvalue weighted by Crippen LogP contribution is -2.23. The van der Waals surface area contributed by atoms with Crippen LogP contribution < -0.4 is 5.73 Å². The lowest BCUT2D eigenvalue weighted by Gasteiger charge is -2.14. The number of carboxylic acid groups (broad SMARTS) is 1. The second-order valence-electron chi connectivity index (χ2n) is 3.19. The predicted molar refractivity (Wildman–Crippen MR) is 52.0 cm³/mol. The zero-order chi connectivity index (χ0) is 10.7. The van der Waals surface area contributed by atoms with E-state index in [1.54, 1.807) is 19.1 Å². The zero-order valence-corrected chi connectivity index (χ0v) is 7.84. The van der Waals surface area contributed by atoms with Crippen LogP contribution in [0.1, 0.15) is 28.9 Å². The molecule has 76 valence electrons. The van der Waals surface area contributed by atoms with Crippen LogP contribution in [-0.4, -0.2) is 22.3 Å².